The van der Waals surface area contributed by atoms with Gasteiger partial charge in [-0.3, -0.25) is 0 Å². The number of nitrogens with zero attached hydrogens (tertiary/aromatic N) is 4. The van der Waals surface area contributed by atoms with Crippen molar-refractivity contribution < 1.29 is 4.84 Å². The third-order valence-electron chi connectivity index (χ3n) is 1.86. The molecule has 0 unspecified atom stereocenters. The van der Waals surface area contributed by atoms with E-state index >= 15 is 0 Å². The lowest BCUT2D eigenvalue weighted by Gasteiger charge is -2.05. The van der Waals surface area contributed by atoms with Gasteiger partial charge in [0.2, 0.25) is 0 Å². The van der Waals surface area contributed by atoms with E-state index in [9.17, 15) is 0 Å². The number of rotatable bonds is 2. The van der Waals surface area contributed by atoms with Crippen LogP contribution < -0.4 is 4.84 Å². The summed E-state index contributed by atoms with van der Waals surface area (Å²) < 4.78 is 0. The molecule has 1 heterocycles. The summed E-state index contributed by atoms with van der Waals surface area (Å²) >= 11 is 0. The fourth-order valence-corrected chi connectivity index (χ4v) is 1.13. The molecule has 1 aromatic heterocycles. The summed E-state index contributed by atoms with van der Waals surface area (Å²) in [4.78, 5) is 6.45. The van der Waals surface area contributed by atoms with Crippen molar-refractivity contribution in [3.63, 3.8) is 0 Å². The van der Waals surface area contributed by atoms with Crippen molar-refractivity contribution in [2.24, 2.45) is 0 Å². The fourth-order valence-electron chi connectivity index (χ4n) is 1.13. The first-order valence-electron chi connectivity index (χ1n) is 4.38. The van der Waals surface area contributed by atoms with Gasteiger partial charge in [-0.15, -0.1) is 5.10 Å². The van der Waals surface area contributed by atoms with Gasteiger partial charge in [-0.1, -0.05) is 4.85 Å². The number of aromatic nitrogens is 2. The van der Waals surface area contributed by atoms with Crippen LogP contribution in [0.25, 0.3) is 0 Å². The van der Waals surface area contributed by atoms with Crippen molar-refractivity contribution in [1.82, 2.24) is 9.94 Å². The molecule has 0 aliphatic carbocycles. The molecule has 0 saturated heterocycles. The Hall–Kier alpha value is -2.79. The molecular formula is C11H5N4O. The molecule has 0 atom stereocenters. The van der Waals surface area contributed by atoms with Crippen LogP contribution in [0.5, 0.6) is 5.75 Å². The summed E-state index contributed by atoms with van der Waals surface area (Å²) in [6.45, 7) is 0. The van der Waals surface area contributed by atoms with Gasteiger partial charge in [0.25, 0.3) is 0 Å². The minimum atomic E-state index is 0.290. The molecule has 0 amide bonds. The molecule has 1 radical (unpaired) electrons. The molecule has 75 valence electrons. The molecule has 0 fully saturated rings. The molecule has 1 aromatic carbocycles. The van der Waals surface area contributed by atoms with Gasteiger partial charge in [0, 0.05) is 6.07 Å². The summed E-state index contributed by atoms with van der Waals surface area (Å²) in [6, 6.07) is 10.1. The summed E-state index contributed by atoms with van der Waals surface area (Å²) in [5, 5.41) is 21.3. The van der Waals surface area contributed by atoms with Gasteiger partial charge < -0.3 is 4.84 Å². The van der Waals surface area contributed by atoms with Crippen LogP contribution in [0.3, 0.4) is 0 Å². The van der Waals surface area contributed by atoms with E-state index in [2.05, 4.69) is 11.3 Å². The van der Waals surface area contributed by atoms with Gasteiger partial charge in [0.15, 0.2) is 5.75 Å². The van der Waals surface area contributed by atoms with Crippen molar-refractivity contribution in [2.45, 2.75) is 0 Å². The minimum Gasteiger partial charge on any atom is -0.357 e. The van der Waals surface area contributed by atoms with Crippen LogP contribution in [-0.4, -0.2) is 9.94 Å². The van der Waals surface area contributed by atoms with Crippen molar-refractivity contribution >= 4 is 0 Å². The Labute approximate surface area is 91.7 Å². The highest BCUT2D eigenvalue weighted by molar-refractivity contribution is 5.48. The van der Waals surface area contributed by atoms with E-state index in [-0.39, 0.29) is 0 Å². The lowest BCUT2D eigenvalue weighted by molar-refractivity contribution is 0.178. The molecule has 0 bridgehead atoms. The third-order valence-corrected chi connectivity index (χ3v) is 1.86. The Morgan fingerprint density at radius 2 is 2.19 bits per heavy atom. The number of nitriles is 2. The normalized spacial score (nSPS) is 9.12. The molecule has 2 aromatic rings. The molecular weight excluding hydrogens is 204 g/mol. The molecule has 5 heteroatoms. The first kappa shape index (κ1) is 9.75. The van der Waals surface area contributed by atoms with E-state index in [1.54, 1.807) is 18.3 Å². The van der Waals surface area contributed by atoms with Crippen molar-refractivity contribution in [3.8, 4) is 17.9 Å². The first-order chi connectivity index (χ1) is 7.83. The molecule has 0 aliphatic heterocycles. The van der Waals surface area contributed by atoms with Gasteiger partial charge in [-0.2, -0.15) is 10.5 Å². The smallest absolute Gasteiger partial charge is 0.176 e. The maximum atomic E-state index is 8.86. The Morgan fingerprint density at radius 1 is 1.31 bits per heavy atom. The zero-order chi connectivity index (χ0) is 11.4. The average molecular weight is 209 g/mol. The molecule has 0 spiro atoms. The summed E-state index contributed by atoms with van der Waals surface area (Å²) in [6.07, 6.45) is 4.10. The molecule has 0 aliphatic rings. The molecule has 2 rings (SSSR count). The lowest BCUT2D eigenvalue weighted by atomic mass is 10.1. The Kier molecular flexibility index (Phi) is 2.53. The van der Waals surface area contributed by atoms with Crippen molar-refractivity contribution in [2.75, 3.05) is 0 Å². The highest BCUT2D eigenvalue weighted by Gasteiger charge is 2.06. The quantitative estimate of drug-likeness (QED) is 0.746. The molecule has 5 nitrogen and oxygen atoms in total. The van der Waals surface area contributed by atoms with E-state index in [0.717, 1.165) is 4.85 Å². The van der Waals surface area contributed by atoms with Crippen LogP contribution in [0, 0.1) is 28.9 Å². The van der Waals surface area contributed by atoms with Crippen molar-refractivity contribution in [1.29, 1.82) is 10.5 Å². The van der Waals surface area contributed by atoms with Gasteiger partial charge in [-0.05, 0) is 18.2 Å². The van der Waals surface area contributed by atoms with Gasteiger partial charge in [-0.25, -0.2) is 0 Å². The van der Waals surface area contributed by atoms with Crippen LogP contribution in [0.15, 0.2) is 30.5 Å². The Morgan fingerprint density at radius 3 is 2.81 bits per heavy atom. The maximum absolute atomic E-state index is 8.86. The molecule has 0 N–H and O–H groups in total. The SMILES string of the molecule is N#Cc1ccc(C#N)c(On2cc[c]n2)c1. The molecule has 16 heavy (non-hydrogen) atoms. The summed E-state index contributed by atoms with van der Waals surface area (Å²) in [7, 11) is 0. The average Bonchev–Trinajstić information content (AvgIpc) is 2.82. The monoisotopic (exact) mass is 209 g/mol. The van der Waals surface area contributed by atoms with Crippen LogP contribution in [-0.2, 0) is 0 Å². The van der Waals surface area contributed by atoms with Crippen LogP contribution >= 0.6 is 0 Å². The maximum Gasteiger partial charge on any atom is 0.176 e. The second-order valence-corrected chi connectivity index (χ2v) is 2.87. The standard InChI is InChI=1S/C11H5N4O/c12-7-9-2-3-10(8-13)11(6-9)16-15-5-1-4-14-15/h1-3,5-6H. The highest BCUT2D eigenvalue weighted by Crippen LogP contribution is 2.19. The van der Waals surface area contributed by atoms with E-state index in [0.29, 0.717) is 16.9 Å². The predicted octanol–water partition coefficient (Wildman–Crippen LogP) is 1.27. The Balaban J connectivity index is 2.39. The topological polar surface area (TPSA) is 74.6 Å². The largest absolute Gasteiger partial charge is 0.357 e. The fraction of sp³-hybridized carbons (Fsp3) is 0. The van der Waals surface area contributed by atoms with Crippen LogP contribution in [0.4, 0.5) is 0 Å². The van der Waals surface area contributed by atoms with E-state index in [1.165, 1.54) is 12.1 Å². The highest BCUT2D eigenvalue weighted by atomic mass is 16.7. The third kappa shape index (κ3) is 1.84. The van der Waals surface area contributed by atoms with Gasteiger partial charge in [0.1, 0.15) is 12.3 Å². The summed E-state index contributed by atoms with van der Waals surface area (Å²) in [5.41, 5.74) is 0.764. The van der Waals surface area contributed by atoms with Crippen LogP contribution in [0.2, 0.25) is 0 Å². The second kappa shape index (κ2) is 4.16. The zero-order valence-corrected chi connectivity index (χ0v) is 8.08. The van der Waals surface area contributed by atoms with Gasteiger partial charge in [0.05, 0.1) is 23.4 Å². The zero-order valence-electron chi connectivity index (χ0n) is 8.08. The number of benzene rings is 1. The summed E-state index contributed by atoms with van der Waals surface area (Å²) in [5.74, 6) is 0.290. The first-order valence-corrected chi connectivity index (χ1v) is 4.38. The van der Waals surface area contributed by atoms with E-state index in [1.807, 2.05) is 12.1 Å². The number of hydrogen-bond acceptors (Lipinski definition) is 4. The van der Waals surface area contributed by atoms with Crippen LogP contribution in [0.1, 0.15) is 11.1 Å². The Bertz CT molecular complexity index is 575. The lowest BCUT2D eigenvalue weighted by Crippen LogP contribution is -2.06. The second-order valence-electron chi connectivity index (χ2n) is 2.87. The van der Waals surface area contributed by atoms with E-state index < -0.39 is 0 Å². The van der Waals surface area contributed by atoms with Crippen molar-refractivity contribution in [3.05, 3.63) is 47.8 Å². The van der Waals surface area contributed by atoms with Gasteiger partial charge >= 0.3 is 0 Å². The minimum absolute atomic E-state index is 0.290. The molecule has 0 saturated carbocycles. The number of hydrogen-bond donors (Lipinski definition) is 0. The predicted molar refractivity (Wildman–Crippen MR) is 53.0 cm³/mol. The van der Waals surface area contributed by atoms with E-state index in [4.69, 9.17) is 15.4 Å².